The normalized spacial score (nSPS) is 13.8. The largest absolute Gasteiger partial charge is 0.507 e. The summed E-state index contributed by atoms with van der Waals surface area (Å²) in [6.45, 7) is 4.38. The highest BCUT2D eigenvalue weighted by Gasteiger charge is 2.38. The quantitative estimate of drug-likeness (QED) is 0.300. The Morgan fingerprint density at radius 2 is 1.57 bits per heavy atom. The van der Waals surface area contributed by atoms with Crippen LogP contribution < -0.4 is 0 Å². The van der Waals surface area contributed by atoms with E-state index < -0.39 is 0 Å². The molecule has 4 heteroatoms. The number of nitrogens with zero attached hydrogens (tertiary/aromatic N) is 3. The van der Waals surface area contributed by atoms with Crippen molar-refractivity contribution in [2.45, 2.75) is 19.3 Å². The van der Waals surface area contributed by atoms with E-state index in [2.05, 4.69) is 84.1 Å². The lowest BCUT2D eigenvalue weighted by atomic mass is 9.83. The van der Waals surface area contributed by atoms with Gasteiger partial charge >= 0.3 is 0 Å². The van der Waals surface area contributed by atoms with Crippen molar-refractivity contribution >= 4 is 21.8 Å². The minimum absolute atomic E-state index is 0.204. The SMILES string of the molecule is CC1(C)c2ccc(-c3ccc4c5ccccc5n(-c5ccccn5)c4c3)nc2-c2c(O)cccc21. The predicted molar refractivity (Wildman–Crippen MR) is 141 cm³/mol. The second kappa shape index (κ2) is 7.03. The maximum Gasteiger partial charge on any atom is 0.137 e. The fourth-order valence-corrected chi connectivity index (χ4v) is 5.63. The molecular weight excluding hydrogens is 430 g/mol. The van der Waals surface area contributed by atoms with Crippen LogP contribution in [0.3, 0.4) is 0 Å². The summed E-state index contributed by atoms with van der Waals surface area (Å²) >= 11 is 0. The second-order valence-electron chi connectivity index (χ2n) is 9.69. The van der Waals surface area contributed by atoms with Gasteiger partial charge in [0.15, 0.2) is 0 Å². The van der Waals surface area contributed by atoms with Crippen molar-refractivity contribution in [2.24, 2.45) is 0 Å². The Balaban J connectivity index is 1.48. The number of para-hydroxylation sites is 1. The van der Waals surface area contributed by atoms with Crippen LogP contribution >= 0.6 is 0 Å². The van der Waals surface area contributed by atoms with Gasteiger partial charge < -0.3 is 5.11 Å². The van der Waals surface area contributed by atoms with E-state index >= 15 is 0 Å². The molecule has 3 heterocycles. The molecule has 0 saturated heterocycles. The molecule has 7 rings (SSSR count). The highest BCUT2D eigenvalue weighted by atomic mass is 16.3. The van der Waals surface area contributed by atoms with Crippen LogP contribution in [0.25, 0.3) is 50.1 Å². The Kier molecular flexibility index (Phi) is 4.01. The monoisotopic (exact) mass is 453 g/mol. The van der Waals surface area contributed by atoms with Crippen LogP contribution in [-0.4, -0.2) is 19.6 Å². The van der Waals surface area contributed by atoms with Crippen LogP contribution in [0.1, 0.15) is 25.0 Å². The molecule has 0 unspecified atom stereocenters. The van der Waals surface area contributed by atoms with Crippen LogP contribution in [0, 0.1) is 0 Å². The van der Waals surface area contributed by atoms with Gasteiger partial charge in [0.05, 0.1) is 22.4 Å². The van der Waals surface area contributed by atoms with Crippen LogP contribution in [0.2, 0.25) is 0 Å². The molecule has 0 saturated carbocycles. The summed E-state index contributed by atoms with van der Waals surface area (Å²) in [6, 6.07) is 30.9. The van der Waals surface area contributed by atoms with E-state index in [9.17, 15) is 5.11 Å². The number of pyridine rings is 2. The lowest BCUT2D eigenvalue weighted by Crippen LogP contribution is -2.14. The molecular formula is C31H23N3O. The third-order valence-electron chi connectivity index (χ3n) is 7.37. The Hall–Kier alpha value is -4.44. The van der Waals surface area contributed by atoms with E-state index in [1.54, 1.807) is 6.07 Å². The first-order chi connectivity index (χ1) is 17.0. The van der Waals surface area contributed by atoms with Crippen LogP contribution in [0.4, 0.5) is 0 Å². The fourth-order valence-electron chi connectivity index (χ4n) is 5.63. The van der Waals surface area contributed by atoms with E-state index in [-0.39, 0.29) is 11.2 Å². The average Bonchev–Trinajstić information content (AvgIpc) is 3.34. The summed E-state index contributed by atoms with van der Waals surface area (Å²) in [5.41, 5.74) is 7.89. The summed E-state index contributed by atoms with van der Waals surface area (Å²) < 4.78 is 2.21. The molecule has 0 fully saturated rings. The van der Waals surface area contributed by atoms with E-state index in [4.69, 9.17) is 4.98 Å². The van der Waals surface area contributed by atoms with Crippen molar-refractivity contribution in [2.75, 3.05) is 0 Å². The molecule has 0 amide bonds. The van der Waals surface area contributed by atoms with Crippen LogP contribution in [0.15, 0.2) is 97.2 Å². The molecule has 0 atom stereocenters. The highest BCUT2D eigenvalue weighted by Crippen LogP contribution is 2.51. The van der Waals surface area contributed by atoms with E-state index in [1.807, 2.05) is 30.5 Å². The van der Waals surface area contributed by atoms with Gasteiger partial charge in [0.2, 0.25) is 0 Å². The lowest BCUT2D eigenvalue weighted by molar-refractivity contribution is 0.476. The predicted octanol–water partition coefficient (Wildman–Crippen LogP) is 7.25. The zero-order valence-electron chi connectivity index (χ0n) is 19.5. The number of aromatic nitrogens is 3. The third kappa shape index (κ3) is 2.74. The van der Waals surface area contributed by atoms with Crippen molar-refractivity contribution in [3.8, 4) is 34.1 Å². The number of phenolic OH excluding ortho intramolecular Hbond substituents is 1. The van der Waals surface area contributed by atoms with Crippen molar-refractivity contribution in [1.29, 1.82) is 0 Å². The molecule has 3 aromatic carbocycles. The molecule has 0 spiro atoms. The van der Waals surface area contributed by atoms with E-state index in [1.165, 1.54) is 10.8 Å². The molecule has 0 bridgehead atoms. The molecule has 0 aliphatic heterocycles. The van der Waals surface area contributed by atoms with Gasteiger partial charge in [0, 0.05) is 33.5 Å². The molecule has 1 aliphatic carbocycles. The van der Waals surface area contributed by atoms with Gasteiger partial charge in [-0.25, -0.2) is 9.97 Å². The lowest BCUT2D eigenvalue weighted by Gasteiger charge is -2.21. The maximum absolute atomic E-state index is 10.7. The Labute approximate surface area is 203 Å². The van der Waals surface area contributed by atoms with E-state index in [0.717, 1.165) is 50.5 Å². The van der Waals surface area contributed by atoms with Crippen LogP contribution in [-0.2, 0) is 5.41 Å². The average molecular weight is 454 g/mol. The number of benzene rings is 3. The zero-order valence-corrected chi connectivity index (χ0v) is 19.5. The third-order valence-corrected chi connectivity index (χ3v) is 7.37. The number of aromatic hydroxyl groups is 1. The molecule has 0 radical (unpaired) electrons. The van der Waals surface area contributed by atoms with Crippen molar-refractivity contribution in [3.05, 3.63) is 108 Å². The Morgan fingerprint density at radius 1 is 0.743 bits per heavy atom. The summed E-state index contributed by atoms with van der Waals surface area (Å²) in [5.74, 6) is 1.17. The summed E-state index contributed by atoms with van der Waals surface area (Å²) in [4.78, 5) is 9.74. The number of rotatable bonds is 2. The van der Waals surface area contributed by atoms with Gasteiger partial charge in [-0.1, -0.05) is 68.4 Å². The molecule has 3 aromatic heterocycles. The second-order valence-corrected chi connectivity index (χ2v) is 9.69. The van der Waals surface area contributed by atoms with Crippen molar-refractivity contribution in [3.63, 3.8) is 0 Å². The fraction of sp³-hybridized carbons (Fsp3) is 0.0968. The van der Waals surface area contributed by atoms with Gasteiger partial charge in [0.25, 0.3) is 0 Å². The first kappa shape index (κ1) is 20.0. The highest BCUT2D eigenvalue weighted by molar-refractivity contribution is 6.10. The summed E-state index contributed by atoms with van der Waals surface area (Å²) in [7, 11) is 0. The summed E-state index contributed by atoms with van der Waals surface area (Å²) in [6.07, 6.45) is 1.83. The minimum atomic E-state index is -0.204. The minimum Gasteiger partial charge on any atom is -0.507 e. The zero-order chi connectivity index (χ0) is 23.7. The smallest absolute Gasteiger partial charge is 0.137 e. The molecule has 1 aliphatic rings. The number of fused-ring (bicyclic) bond motifs is 6. The molecule has 168 valence electrons. The van der Waals surface area contributed by atoms with E-state index in [0.29, 0.717) is 0 Å². The molecule has 35 heavy (non-hydrogen) atoms. The van der Waals surface area contributed by atoms with Gasteiger partial charge in [-0.15, -0.1) is 0 Å². The van der Waals surface area contributed by atoms with Crippen molar-refractivity contribution < 1.29 is 5.11 Å². The first-order valence-corrected chi connectivity index (χ1v) is 11.8. The number of phenols is 1. The van der Waals surface area contributed by atoms with Crippen LogP contribution in [0.5, 0.6) is 5.75 Å². The molecule has 1 N–H and O–H groups in total. The number of hydrogen-bond donors (Lipinski definition) is 1. The van der Waals surface area contributed by atoms with Gasteiger partial charge in [-0.3, -0.25) is 4.57 Å². The van der Waals surface area contributed by atoms with Gasteiger partial charge in [0.1, 0.15) is 11.6 Å². The Bertz CT molecular complexity index is 1780. The summed E-state index contributed by atoms with van der Waals surface area (Å²) in [5, 5.41) is 13.1. The first-order valence-electron chi connectivity index (χ1n) is 11.8. The maximum atomic E-state index is 10.7. The molecule has 6 aromatic rings. The standard InChI is InChI=1S/C31H23N3O/c1-31(2)22-9-7-11-27(35)29(22)30-23(31)15-16-24(33-30)19-13-14-21-20-8-3-4-10-25(20)34(26(21)18-19)28-12-5-6-17-32-28/h3-18,35H,1-2H3. The van der Waals surface area contributed by atoms with Gasteiger partial charge in [-0.05, 0) is 47.5 Å². The van der Waals surface area contributed by atoms with Gasteiger partial charge in [-0.2, -0.15) is 0 Å². The molecule has 4 nitrogen and oxygen atoms in total. The number of hydrogen-bond acceptors (Lipinski definition) is 3. The Morgan fingerprint density at radius 3 is 2.43 bits per heavy atom. The topological polar surface area (TPSA) is 50.9 Å². The van der Waals surface area contributed by atoms with Crippen molar-refractivity contribution in [1.82, 2.24) is 14.5 Å².